The second-order valence-corrected chi connectivity index (χ2v) is 11.3. The van der Waals surface area contributed by atoms with Crippen molar-refractivity contribution in [2.75, 3.05) is 26.2 Å². The van der Waals surface area contributed by atoms with Crippen molar-refractivity contribution in [2.24, 2.45) is 0 Å². The fourth-order valence-electron chi connectivity index (χ4n) is 4.92. The van der Waals surface area contributed by atoms with Gasteiger partial charge in [0.15, 0.2) is 0 Å². The van der Waals surface area contributed by atoms with Gasteiger partial charge in [0.1, 0.15) is 16.7 Å². The number of unbranched alkanes of at least 4 members (excludes halogenated alkanes) is 3. The van der Waals surface area contributed by atoms with Crippen LogP contribution in [0.1, 0.15) is 60.9 Å². The molecule has 0 saturated heterocycles. The summed E-state index contributed by atoms with van der Waals surface area (Å²) in [6.45, 7) is 2.51. The third kappa shape index (κ3) is 6.25. The fourth-order valence-corrected chi connectivity index (χ4v) is 6.53. The molecule has 36 heavy (non-hydrogen) atoms. The Hall–Kier alpha value is -2.91. The summed E-state index contributed by atoms with van der Waals surface area (Å²) in [7, 11) is -3.77. The van der Waals surface area contributed by atoms with Gasteiger partial charge in [-0.3, -0.25) is 14.5 Å². The van der Waals surface area contributed by atoms with Gasteiger partial charge < -0.3 is 9.84 Å². The number of sulfonamides is 1. The van der Waals surface area contributed by atoms with Crippen molar-refractivity contribution in [3.8, 4) is 5.75 Å². The quantitative estimate of drug-likeness (QED) is 0.404. The average molecular weight is 515 g/mol. The zero-order valence-corrected chi connectivity index (χ0v) is 21.3. The third-order valence-electron chi connectivity index (χ3n) is 6.83. The Morgan fingerprint density at radius 2 is 1.72 bits per heavy atom. The molecule has 8 nitrogen and oxygen atoms in total. The zero-order chi connectivity index (χ0) is 25.5. The van der Waals surface area contributed by atoms with E-state index < -0.39 is 21.9 Å². The Labute approximate surface area is 212 Å². The summed E-state index contributed by atoms with van der Waals surface area (Å²) >= 11 is 0. The molecule has 0 radical (unpaired) electrons. The molecule has 2 aliphatic heterocycles. The highest BCUT2D eigenvalue weighted by atomic mass is 32.2. The van der Waals surface area contributed by atoms with E-state index in [0.29, 0.717) is 12.8 Å². The molecule has 9 heteroatoms. The second-order valence-electron chi connectivity index (χ2n) is 9.48. The number of ether oxygens (including phenoxy) is 1. The number of rotatable bonds is 13. The number of carboxylic acids is 1. The van der Waals surface area contributed by atoms with Crippen LogP contribution in [-0.2, 0) is 21.2 Å². The standard InChI is InChI=1S/C27H34N2O6S/c30-26(31)14-2-1-7-17-28(20-22-16-15-21-10-3-5-12-24(21)35-22)18-8-9-19-29-27(32)23-11-4-6-13-25(23)36(29,33)34/h3-6,10-13,22H,1-2,7-9,14-20H2,(H,30,31). The summed E-state index contributed by atoms with van der Waals surface area (Å²) in [6.07, 6.45) is 5.88. The van der Waals surface area contributed by atoms with Crippen molar-refractivity contribution in [2.45, 2.75) is 62.4 Å². The predicted octanol–water partition coefficient (Wildman–Crippen LogP) is 3.95. The lowest BCUT2D eigenvalue weighted by atomic mass is 10.0. The number of nitrogens with zero attached hydrogens (tertiary/aromatic N) is 2. The van der Waals surface area contributed by atoms with Gasteiger partial charge in [-0.15, -0.1) is 0 Å². The third-order valence-corrected chi connectivity index (χ3v) is 8.67. The van der Waals surface area contributed by atoms with Crippen LogP contribution in [0, 0.1) is 0 Å². The van der Waals surface area contributed by atoms with E-state index in [1.165, 1.54) is 11.6 Å². The van der Waals surface area contributed by atoms with Crippen molar-refractivity contribution >= 4 is 21.9 Å². The number of carbonyl (C=O) groups is 2. The first-order chi connectivity index (χ1) is 17.4. The monoisotopic (exact) mass is 514 g/mol. The Kier molecular flexibility index (Phi) is 8.64. The topological polar surface area (TPSA) is 104 Å². The molecule has 4 rings (SSSR count). The van der Waals surface area contributed by atoms with Crippen molar-refractivity contribution in [1.29, 1.82) is 0 Å². The lowest BCUT2D eigenvalue weighted by Gasteiger charge is -2.31. The van der Waals surface area contributed by atoms with Gasteiger partial charge in [-0.25, -0.2) is 12.7 Å². The van der Waals surface area contributed by atoms with Crippen molar-refractivity contribution < 1.29 is 27.9 Å². The van der Waals surface area contributed by atoms with E-state index in [0.717, 1.165) is 61.8 Å². The molecule has 2 heterocycles. The molecule has 194 valence electrons. The van der Waals surface area contributed by atoms with E-state index in [1.54, 1.807) is 18.2 Å². The Morgan fingerprint density at radius 1 is 1.00 bits per heavy atom. The highest BCUT2D eigenvalue weighted by molar-refractivity contribution is 7.90. The van der Waals surface area contributed by atoms with E-state index in [1.807, 2.05) is 18.2 Å². The molecule has 2 aromatic carbocycles. The summed E-state index contributed by atoms with van der Waals surface area (Å²) < 4.78 is 32.8. The van der Waals surface area contributed by atoms with E-state index >= 15 is 0 Å². The van der Waals surface area contributed by atoms with Gasteiger partial charge >= 0.3 is 5.97 Å². The van der Waals surface area contributed by atoms with Gasteiger partial charge in [0.05, 0.1) is 5.56 Å². The highest BCUT2D eigenvalue weighted by Gasteiger charge is 2.40. The molecular formula is C27H34N2O6S. The molecule has 0 spiro atoms. The number of hydrogen-bond acceptors (Lipinski definition) is 6. The Balaban J connectivity index is 1.29. The van der Waals surface area contributed by atoms with E-state index in [4.69, 9.17) is 9.84 Å². The van der Waals surface area contributed by atoms with Crippen molar-refractivity contribution in [3.63, 3.8) is 0 Å². The van der Waals surface area contributed by atoms with Gasteiger partial charge in [0.25, 0.3) is 15.9 Å². The van der Waals surface area contributed by atoms with Gasteiger partial charge in [-0.2, -0.15) is 0 Å². The number of amides is 1. The lowest BCUT2D eigenvalue weighted by molar-refractivity contribution is -0.137. The van der Waals surface area contributed by atoms with Crippen LogP contribution in [0.5, 0.6) is 5.75 Å². The van der Waals surface area contributed by atoms with Crippen LogP contribution in [0.3, 0.4) is 0 Å². The number of aryl methyl sites for hydroxylation is 1. The molecule has 0 saturated carbocycles. The summed E-state index contributed by atoms with van der Waals surface area (Å²) in [6, 6.07) is 14.5. The van der Waals surface area contributed by atoms with E-state index in [9.17, 15) is 18.0 Å². The first-order valence-electron chi connectivity index (χ1n) is 12.7. The highest BCUT2D eigenvalue weighted by Crippen LogP contribution is 2.30. The number of carbonyl (C=O) groups excluding carboxylic acids is 1. The summed E-state index contributed by atoms with van der Waals surface area (Å²) in [5.74, 6) is -0.280. The minimum Gasteiger partial charge on any atom is -0.489 e. The van der Waals surface area contributed by atoms with Gasteiger partial charge in [-0.1, -0.05) is 36.8 Å². The van der Waals surface area contributed by atoms with Crippen LogP contribution in [0.4, 0.5) is 0 Å². The molecular weight excluding hydrogens is 480 g/mol. The Morgan fingerprint density at radius 3 is 2.50 bits per heavy atom. The number of hydrogen-bond donors (Lipinski definition) is 1. The van der Waals surface area contributed by atoms with E-state index in [2.05, 4.69) is 11.0 Å². The van der Waals surface area contributed by atoms with Crippen molar-refractivity contribution in [3.05, 3.63) is 59.7 Å². The first kappa shape index (κ1) is 26.2. The summed E-state index contributed by atoms with van der Waals surface area (Å²) in [5.41, 5.74) is 1.47. The van der Waals surface area contributed by atoms with Crippen LogP contribution < -0.4 is 4.74 Å². The van der Waals surface area contributed by atoms with Crippen LogP contribution in [0.25, 0.3) is 0 Å². The first-order valence-corrected chi connectivity index (χ1v) is 14.1. The molecule has 0 aromatic heterocycles. The van der Waals surface area contributed by atoms with Crippen LogP contribution in [0.15, 0.2) is 53.4 Å². The number of benzene rings is 2. The molecule has 0 fully saturated rings. The number of carboxylic acid groups (broad SMARTS) is 1. The van der Waals surface area contributed by atoms with Gasteiger partial charge in [0.2, 0.25) is 0 Å². The van der Waals surface area contributed by atoms with Crippen LogP contribution in [0.2, 0.25) is 0 Å². The molecule has 1 amide bonds. The number of aliphatic carboxylic acids is 1. The summed E-state index contributed by atoms with van der Waals surface area (Å²) in [5, 5.41) is 8.87. The maximum absolute atomic E-state index is 12.8. The summed E-state index contributed by atoms with van der Waals surface area (Å²) in [4.78, 5) is 25.8. The molecule has 0 aliphatic carbocycles. The molecule has 1 N–H and O–H groups in total. The van der Waals surface area contributed by atoms with Crippen LogP contribution >= 0.6 is 0 Å². The normalized spacial score (nSPS) is 18.1. The minimum absolute atomic E-state index is 0.0777. The van der Waals surface area contributed by atoms with Gasteiger partial charge in [-0.05, 0) is 75.4 Å². The molecule has 1 unspecified atom stereocenters. The molecule has 1 atom stereocenters. The second kappa shape index (κ2) is 11.9. The maximum Gasteiger partial charge on any atom is 0.303 e. The number of para-hydroxylation sites is 1. The smallest absolute Gasteiger partial charge is 0.303 e. The number of fused-ring (bicyclic) bond motifs is 2. The van der Waals surface area contributed by atoms with Gasteiger partial charge in [0, 0.05) is 19.5 Å². The molecule has 2 aliphatic rings. The minimum atomic E-state index is -3.77. The van der Waals surface area contributed by atoms with Crippen molar-refractivity contribution in [1.82, 2.24) is 9.21 Å². The molecule has 2 aromatic rings. The lowest BCUT2D eigenvalue weighted by Crippen LogP contribution is -2.39. The van der Waals surface area contributed by atoms with Crippen LogP contribution in [-0.4, -0.2) is 66.9 Å². The SMILES string of the molecule is O=C(O)CCCCCN(CCCCN1C(=O)c2ccccc2S1(=O)=O)CC1CCc2ccccc2O1. The molecule has 0 bridgehead atoms. The fraction of sp³-hybridized carbons (Fsp3) is 0.481. The maximum atomic E-state index is 12.8. The zero-order valence-electron chi connectivity index (χ0n) is 20.5. The largest absolute Gasteiger partial charge is 0.489 e. The Bertz CT molecular complexity index is 1180. The average Bonchev–Trinajstić information content (AvgIpc) is 3.06. The van der Waals surface area contributed by atoms with E-state index in [-0.39, 0.29) is 29.5 Å². The predicted molar refractivity (Wildman–Crippen MR) is 136 cm³/mol.